The van der Waals surface area contributed by atoms with Crippen LogP contribution in [0.4, 0.5) is 11.4 Å². The molecule has 0 saturated carbocycles. The fourth-order valence-corrected chi connectivity index (χ4v) is 7.16. The lowest BCUT2D eigenvalue weighted by molar-refractivity contribution is 0.619. The van der Waals surface area contributed by atoms with Crippen molar-refractivity contribution in [2.75, 3.05) is 0 Å². The predicted molar refractivity (Wildman–Crippen MR) is 212 cm³/mol. The number of para-hydroxylation sites is 1. The third-order valence-electron chi connectivity index (χ3n) is 9.65. The molecule has 7 heteroatoms. The summed E-state index contributed by atoms with van der Waals surface area (Å²) in [6, 6.07) is 51.3. The summed E-state index contributed by atoms with van der Waals surface area (Å²) in [6.07, 6.45) is 0. The van der Waals surface area contributed by atoms with Crippen molar-refractivity contribution in [3.05, 3.63) is 180 Å². The zero-order valence-electron chi connectivity index (χ0n) is 28.4. The molecular weight excluding hydrogens is 665 g/mol. The van der Waals surface area contributed by atoms with Gasteiger partial charge in [0.25, 0.3) is 0 Å². The van der Waals surface area contributed by atoms with Gasteiger partial charge >= 0.3 is 0 Å². The molecule has 0 unspecified atom stereocenters. The number of nitriles is 2. The van der Waals surface area contributed by atoms with E-state index in [1.807, 2.05) is 66.7 Å². The molecule has 0 aliphatic rings. The van der Waals surface area contributed by atoms with E-state index in [0.717, 1.165) is 72.0 Å². The third kappa shape index (κ3) is 5.40. The van der Waals surface area contributed by atoms with E-state index in [1.165, 1.54) is 0 Å². The summed E-state index contributed by atoms with van der Waals surface area (Å²) in [6.45, 7) is 15.2. The first-order valence-corrected chi connectivity index (χ1v) is 17.0. The monoisotopic (exact) mass is 688 g/mol. The molecule has 0 saturated heterocycles. The van der Waals surface area contributed by atoms with E-state index in [0.29, 0.717) is 34.0 Å². The summed E-state index contributed by atoms with van der Waals surface area (Å²) in [5.41, 5.74) is 12.0. The minimum Gasteiger partial charge on any atom is -0.436 e. The number of benzene rings is 7. The maximum atomic E-state index is 9.71. The highest BCUT2D eigenvalue weighted by Gasteiger charge is 2.20. The van der Waals surface area contributed by atoms with E-state index >= 15 is 0 Å². The average Bonchev–Trinajstić information content (AvgIpc) is 3.81. The molecule has 0 aliphatic heterocycles. The highest BCUT2D eigenvalue weighted by molar-refractivity contribution is 6.12. The van der Waals surface area contributed by atoms with Crippen LogP contribution < -0.4 is 0 Å². The fraction of sp³-hybridized carbons (Fsp3) is 0. The molecule has 0 radical (unpaired) electrons. The molecule has 0 bridgehead atoms. The average molecular weight is 689 g/mol. The molecular formula is C47H24N6O. The Morgan fingerprint density at radius 3 is 1.69 bits per heavy atom. The maximum Gasteiger partial charge on any atom is 0.229 e. The van der Waals surface area contributed by atoms with Gasteiger partial charge in [-0.05, 0) is 118 Å². The minimum atomic E-state index is 0.394. The van der Waals surface area contributed by atoms with E-state index in [-0.39, 0.29) is 0 Å². The van der Waals surface area contributed by atoms with Crippen LogP contribution >= 0.6 is 0 Å². The standard InChI is InChI=1S/C47H24N6O/c1-50-37-20-29(27-48)18-35(22-37)32-12-15-44-40(24-32)41-25-33(36-19-30(28-49)21-38(23-36)51-2)13-16-45(41)53(44)43-11-7-6-10-39(43)47-52-42-26-34(14-17-46(42)54-47)31-8-4-3-5-9-31/h3-26H. The Morgan fingerprint density at radius 1 is 0.537 bits per heavy atom. The molecule has 54 heavy (non-hydrogen) atoms. The number of fused-ring (bicyclic) bond motifs is 4. The van der Waals surface area contributed by atoms with E-state index in [9.17, 15) is 10.5 Å². The van der Waals surface area contributed by atoms with E-state index < -0.39 is 0 Å². The Labute approximate surface area is 310 Å². The van der Waals surface area contributed by atoms with Crippen LogP contribution in [0, 0.1) is 35.8 Å². The number of nitrogens with zero attached hydrogens (tertiary/aromatic N) is 6. The molecule has 0 fully saturated rings. The lowest BCUT2D eigenvalue weighted by Gasteiger charge is -2.12. The third-order valence-corrected chi connectivity index (χ3v) is 9.65. The Kier molecular flexibility index (Phi) is 7.54. The molecule has 7 aromatic carbocycles. The first-order chi connectivity index (χ1) is 26.5. The molecule has 9 aromatic rings. The summed E-state index contributed by atoms with van der Waals surface area (Å²) < 4.78 is 8.62. The van der Waals surface area contributed by atoms with Gasteiger partial charge in [-0.3, -0.25) is 0 Å². The second kappa shape index (κ2) is 12.8. The van der Waals surface area contributed by atoms with Gasteiger partial charge in [0.15, 0.2) is 17.0 Å². The van der Waals surface area contributed by atoms with Crippen LogP contribution in [0.1, 0.15) is 11.1 Å². The molecule has 0 spiro atoms. The van der Waals surface area contributed by atoms with Gasteiger partial charge in [0.1, 0.15) is 5.52 Å². The Hall–Kier alpha value is -8.23. The molecule has 248 valence electrons. The van der Waals surface area contributed by atoms with Crippen molar-refractivity contribution in [3.63, 3.8) is 0 Å². The molecule has 9 rings (SSSR count). The number of aromatic nitrogens is 2. The zero-order chi connectivity index (χ0) is 36.8. The number of oxazole rings is 1. The van der Waals surface area contributed by atoms with E-state index in [2.05, 4.69) is 68.9 Å². The van der Waals surface area contributed by atoms with Crippen molar-refractivity contribution in [3.8, 4) is 62.7 Å². The van der Waals surface area contributed by atoms with Gasteiger partial charge in [0.2, 0.25) is 5.89 Å². The first-order valence-electron chi connectivity index (χ1n) is 17.0. The van der Waals surface area contributed by atoms with Crippen molar-refractivity contribution in [2.24, 2.45) is 0 Å². The summed E-state index contributed by atoms with van der Waals surface area (Å²) in [5.74, 6) is 0.494. The molecule has 0 amide bonds. The highest BCUT2D eigenvalue weighted by Crippen LogP contribution is 2.41. The summed E-state index contributed by atoms with van der Waals surface area (Å²) in [7, 11) is 0. The highest BCUT2D eigenvalue weighted by atomic mass is 16.3. The quantitative estimate of drug-likeness (QED) is 0.168. The molecule has 2 aromatic heterocycles. The van der Waals surface area contributed by atoms with Gasteiger partial charge in [-0.2, -0.15) is 10.5 Å². The van der Waals surface area contributed by atoms with Crippen LogP contribution in [0.3, 0.4) is 0 Å². The van der Waals surface area contributed by atoms with Crippen molar-refractivity contribution < 1.29 is 4.42 Å². The molecule has 7 nitrogen and oxygen atoms in total. The lowest BCUT2D eigenvalue weighted by atomic mass is 9.98. The fourth-order valence-electron chi connectivity index (χ4n) is 7.16. The van der Waals surface area contributed by atoms with Crippen molar-refractivity contribution in [2.45, 2.75) is 0 Å². The van der Waals surface area contributed by atoms with Crippen LogP contribution in [0.15, 0.2) is 150 Å². The topological polar surface area (TPSA) is 87.3 Å². The SMILES string of the molecule is [C-]#[N+]c1cc(C#N)cc(-c2ccc3c(c2)c2cc(-c4cc(C#N)cc([N+]#[C-])c4)ccc2n3-c2ccccc2-c2nc3cc(-c4ccccc4)ccc3o2)c1. The summed E-state index contributed by atoms with van der Waals surface area (Å²) in [4.78, 5) is 12.2. The van der Waals surface area contributed by atoms with Gasteiger partial charge in [0, 0.05) is 21.9 Å². The van der Waals surface area contributed by atoms with E-state index in [4.69, 9.17) is 22.5 Å². The predicted octanol–water partition coefficient (Wildman–Crippen LogP) is 12.4. The first kappa shape index (κ1) is 31.7. The van der Waals surface area contributed by atoms with Gasteiger partial charge < -0.3 is 8.98 Å². The second-order valence-electron chi connectivity index (χ2n) is 12.9. The molecule has 0 atom stereocenters. The zero-order valence-corrected chi connectivity index (χ0v) is 28.4. The van der Waals surface area contributed by atoms with Crippen LogP contribution in [0.25, 0.3) is 93.1 Å². The van der Waals surface area contributed by atoms with Crippen LogP contribution in [-0.4, -0.2) is 9.55 Å². The molecule has 0 aliphatic carbocycles. The molecule has 2 heterocycles. The number of hydrogen-bond acceptors (Lipinski definition) is 4. The largest absolute Gasteiger partial charge is 0.436 e. The molecule has 0 N–H and O–H groups in total. The van der Waals surface area contributed by atoms with Crippen molar-refractivity contribution in [1.82, 2.24) is 9.55 Å². The smallest absolute Gasteiger partial charge is 0.229 e. The van der Waals surface area contributed by atoms with Crippen molar-refractivity contribution in [1.29, 1.82) is 10.5 Å². The van der Waals surface area contributed by atoms with Gasteiger partial charge in [-0.25, -0.2) is 14.7 Å². The summed E-state index contributed by atoms with van der Waals surface area (Å²) >= 11 is 0. The Bertz CT molecular complexity index is 2960. The minimum absolute atomic E-state index is 0.394. The van der Waals surface area contributed by atoms with Crippen LogP contribution in [-0.2, 0) is 0 Å². The Morgan fingerprint density at radius 2 is 1.09 bits per heavy atom. The normalized spacial score (nSPS) is 10.9. The maximum absolute atomic E-state index is 9.71. The number of rotatable bonds is 5. The van der Waals surface area contributed by atoms with Crippen LogP contribution in [0.5, 0.6) is 0 Å². The van der Waals surface area contributed by atoms with Crippen molar-refractivity contribution >= 4 is 44.3 Å². The van der Waals surface area contributed by atoms with Crippen LogP contribution in [0.2, 0.25) is 0 Å². The summed E-state index contributed by atoms with van der Waals surface area (Å²) in [5, 5.41) is 21.3. The second-order valence-corrected chi connectivity index (χ2v) is 12.9. The lowest BCUT2D eigenvalue weighted by Crippen LogP contribution is -1.97. The van der Waals surface area contributed by atoms with Gasteiger partial charge in [-0.1, -0.05) is 60.7 Å². The van der Waals surface area contributed by atoms with Gasteiger partial charge in [0.05, 0.1) is 47.6 Å². The number of hydrogen-bond donors (Lipinski definition) is 0. The van der Waals surface area contributed by atoms with E-state index in [1.54, 1.807) is 36.4 Å². The Balaban J connectivity index is 1.27. The van der Waals surface area contributed by atoms with Gasteiger partial charge in [-0.15, -0.1) is 0 Å².